The smallest absolute Gasteiger partial charge is 0.130 e. The van der Waals surface area contributed by atoms with Crippen molar-refractivity contribution in [1.29, 1.82) is 0 Å². The fraction of sp³-hybridized carbons (Fsp3) is 0.163. The van der Waals surface area contributed by atoms with E-state index in [9.17, 15) is 0 Å². The van der Waals surface area contributed by atoms with Gasteiger partial charge in [0.15, 0.2) is 0 Å². The Kier molecular flexibility index (Phi) is 7.73. The maximum Gasteiger partial charge on any atom is 0.130 e. The molecule has 6 aromatic rings. The summed E-state index contributed by atoms with van der Waals surface area (Å²) >= 11 is 0. The van der Waals surface area contributed by atoms with Crippen molar-refractivity contribution in [3.8, 4) is 34.1 Å². The second-order valence-electron chi connectivity index (χ2n) is 12.4. The van der Waals surface area contributed by atoms with E-state index in [4.69, 9.17) is 20.9 Å². The molecule has 0 spiro atoms. The molecule has 0 radical (unpaired) electrons. The molecule has 0 saturated carbocycles. The van der Waals surface area contributed by atoms with Gasteiger partial charge >= 0.3 is 0 Å². The van der Waals surface area contributed by atoms with E-state index in [0.29, 0.717) is 0 Å². The predicted molar refractivity (Wildman–Crippen MR) is 194 cm³/mol. The molecule has 0 heterocycles. The van der Waals surface area contributed by atoms with Gasteiger partial charge in [-0.3, -0.25) is 0 Å². The lowest BCUT2D eigenvalue weighted by molar-refractivity contribution is 0.472. The second kappa shape index (κ2) is 12.0. The molecule has 1 aliphatic rings. The third-order valence-corrected chi connectivity index (χ3v) is 9.54. The van der Waals surface area contributed by atoms with Crippen molar-refractivity contribution >= 4 is 11.4 Å². The van der Waals surface area contributed by atoms with E-state index >= 15 is 0 Å². The van der Waals surface area contributed by atoms with Crippen molar-refractivity contribution in [3.05, 3.63) is 166 Å². The Bertz CT molecular complexity index is 1980. The molecule has 0 aromatic heterocycles. The van der Waals surface area contributed by atoms with E-state index < -0.39 is 5.41 Å². The number of hydrogen-bond acceptors (Lipinski definition) is 4. The Morgan fingerprint density at radius 2 is 0.894 bits per heavy atom. The van der Waals surface area contributed by atoms with Crippen LogP contribution in [-0.2, 0) is 18.3 Å². The molecule has 47 heavy (non-hydrogen) atoms. The van der Waals surface area contributed by atoms with Crippen LogP contribution in [0, 0.1) is 13.8 Å². The zero-order valence-electron chi connectivity index (χ0n) is 27.4. The average molecular weight is 617 g/mol. The highest BCUT2D eigenvalue weighted by molar-refractivity contribution is 5.86. The van der Waals surface area contributed by atoms with Crippen LogP contribution in [-0.4, -0.2) is 0 Å². The van der Waals surface area contributed by atoms with Gasteiger partial charge in [0.1, 0.15) is 23.0 Å². The molecule has 4 nitrogen and oxygen atoms in total. The standard InChI is InChI=1S/C43H40N2O2/c1-5-29-25-33(44)17-21-41(29)46-39-19-15-31(23-27(39)3)43(37-13-9-7-11-35(37)36-12-8-10-14-38(36)43)32-16-20-40(28(4)24-32)47-42-22-18-34(45)26-30(42)6-2/h7-26H,5-6,44-45H2,1-4H3. The summed E-state index contributed by atoms with van der Waals surface area (Å²) in [6, 6.07) is 42.6. The molecular formula is C43H40N2O2. The lowest BCUT2D eigenvalue weighted by Gasteiger charge is -2.34. The van der Waals surface area contributed by atoms with Crippen LogP contribution in [0.5, 0.6) is 23.0 Å². The summed E-state index contributed by atoms with van der Waals surface area (Å²) in [4.78, 5) is 0. The molecule has 4 N–H and O–H groups in total. The van der Waals surface area contributed by atoms with E-state index in [1.807, 2.05) is 36.4 Å². The Labute approximate surface area is 277 Å². The highest BCUT2D eigenvalue weighted by Crippen LogP contribution is 2.56. The van der Waals surface area contributed by atoms with Gasteiger partial charge in [0.2, 0.25) is 0 Å². The van der Waals surface area contributed by atoms with Gasteiger partial charge in [-0.15, -0.1) is 0 Å². The summed E-state index contributed by atoms with van der Waals surface area (Å²) in [6.45, 7) is 8.49. The minimum absolute atomic E-state index is 0.536. The molecule has 4 heteroatoms. The van der Waals surface area contributed by atoms with Crippen LogP contribution in [0.25, 0.3) is 11.1 Å². The lowest BCUT2D eigenvalue weighted by atomic mass is 9.67. The Morgan fingerprint density at radius 3 is 1.30 bits per heavy atom. The molecule has 0 atom stereocenters. The van der Waals surface area contributed by atoms with Gasteiger partial charge in [-0.05, 0) is 131 Å². The number of hydrogen-bond donors (Lipinski definition) is 2. The number of anilines is 2. The topological polar surface area (TPSA) is 70.5 Å². The Morgan fingerprint density at radius 1 is 0.489 bits per heavy atom. The quantitative estimate of drug-likeness (QED) is 0.167. The normalized spacial score (nSPS) is 12.8. The van der Waals surface area contributed by atoms with Gasteiger partial charge in [0.05, 0.1) is 5.41 Å². The summed E-state index contributed by atoms with van der Waals surface area (Å²) in [6.07, 6.45) is 1.68. The molecule has 7 rings (SSSR count). The molecular weight excluding hydrogens is 576 g/mol. The van der Waals surface area contributed by atoms with Crippen LogP contribution in [0.4, 0.5) is 11.4 Å². The average Bonchev–Trinajstić information content (AvgIpc) is 3.39. The van der Waals surface area contributed by atoms with Crippen molar-refractivity contribution < 1.29 is 9.47 Å². The number of benzene rings is 6. The molecule has 234 valence electrons. The predicted octanol–water partition coefficient (Wildman–Crippen LogP) is 10.5. The maximum absolute atomic E-state index is 6.52. The van der Waals surface area contributed by atoms with Crippen LogP contribution in [0.1, 0.15) is 58.4 Å². The molecule has 0 unspecified atom stereocenters. The summed E-state index contributed by atoms with van der Waals surface area (Å²) in [5.74, 6) is 3.33. The largest absolute Gasteiger partial charge is 0.457 e. The highest BCUT2D eigenvalue weighted by atomic mass is 16.5. The third-order valence-electron chi connectivity index (χ3n) is 9.54. The second-order valence-corrected chi connectivity index (χ2v) is 12.4. The number of aryl methyl sites for hydroxylation is 4. The van der Waals surface area contributed by atoms with Gasteiger partial charge in [-0.2, -0.15) is 0 Å². The molecule has 0 saturated heterocycles. The van der Waals surface area contributed by atoms with Crippen molar-refractivity contribution in [2.24, 2.45) is 0 Å². The minimum Gasteiger partial charge on any atom is -0.457 e. The number of rotatable bonds is 8. The fourth-order valence-corrected chi connectivity index (χ4v) is 7.21. The number of nitrogen functional groups attached to an aromatic ring is 2. The maximum atomic E-state index is 6.52. The van der Waals surface area contributed by atoms with Crippen LogP contribution in [0.3, 0.4) is 0 Å². The number of nitrogens with two attached hydrogens (primary N) is 2. The molecule has 0 fully saturated rings. The van der Waals surface area contributed by atoms with Crippen LogP contribution in [0.15, 0.2) is 121 Å². The van der Waals surface area contributed by atoms with Crippen molar-refractivity contribution in [2.45, 2.75) is 46.0 Å². The van der Waals surface area contributed by atoms with Crippen LogP contribution >= 0.6 is 0 Å². The minimum atomic E-state index is -0.536. The third kappa shape index (κ3) is 5.11. The van der Waals surface area contributed by atoms with Crippen molar-refractivity contribution in [1.82, 2.24) is 0 Å². The zero-order valence-corrected chi connectivity index (χ0v) is 27.4. The molecule has 0 aliphatic heterocycles. The summed E-state index contributed by atoms with van der Waals surface area (Å²) in [5.41, 5.74) is 24.8. The molecule has 1 aliphatic carbocycles. The van der Waals surface area contributed by atoms with E-state index in [2.05, 4.69) is 113 Å². The molecule has 0 amide bonds. The lowest BCUT2D eigenvalue weighted by Crippen LogP contribution is -2.28. The van der Waals surface area contributed by atoms with Crippen molar-refractivity contribution in [3.63, 3.8) is 0 Å². The summed E-state index contributed by atoms with van der Waals surface area (Å²) in [7, 11) is 0. The molecule has 0 bridgehead atoms. The first-order valence-electron chi connectivity index (χ1n) is 16.4. The Hall–Kier alpha value is -5.48. The first-order valence-corrected chi connectivity index (χ1v) is 16.4. The van der Waals surface area contributed by atoms with Gasteiger partial charge < -0.3 is 20.9 Å². The zero-order chi connectivity index (χ0) is 32.7. The van der Waals surface area contributed by atoms with Gasteiger partial charge in [0.25, 0.3) is 0 Å². The monoisotopic (exact) mass is 616 g/mol. The fourth-order valence-electron chi connectivity index (χ4n) is 7.21. The number of fused-ring (bicyclic) bond motifs is 3. The SMILES string of the molecule is CCc1cc(N)ccc1Oc1ccc(C2(c3ccc(Oc4ccc(N)cc4CC)c(C)c3)c3ccccc3-c3ccccc32)cc1C. The van der Waals surface area contributed by atoms with E-state index in [0.717, 1.165) is 69.5 Å². The van der Waals surface area contributed by atoms with Gasteiger partial charge in [-0.1, -0.05) is 86.6 Å². The summed E-state index contributed by atoms with van der Waals surface area (Å²) in [5, 5.41) is 0. The summed E-state index contributed by atoms with van der Waals surface area (Å²) < 4.78 is 13.0. The van der Waals surface area contributed by atoms with Crippen molar-refractivity contribution in [2.75, 3.05) is 11.5 Å². The van der Waals surface area contributed by atoms with E-state index in [1.54, 1.807) is 0 Å². The van der Waals surface area contributed by atoms with Crippen LogP contribution < -0.4 is 20.9 Å². The van der Waals surface area contributed by atoms with Gasteiger partial charge in [0, 0.05) is 11.4 Å². The van der Waals surface area contributed by atoms with E-state index in [1.165, 1.54) is 33.4 Å². The Balaban J connectivity index is 1.38. The highest BCUT2D eigenvalue weighted by Gasteiger charge is 2.46. The number of ether oxygens (including phenoxy) is 2. The van der Waals surface area contributed by atoms with Gasteiger partial charge in [-0.25, -0.2) is 0 Å². The van der Waals surface area contributed by atoms with E-state index in [-0.39, 0.29) is 0 Å². The first-order chi connectivity index (χ1) is 22.8. The molecule has 6 aromatic carbocycles. The van der Waals surface area contributed by atoms with Crippen LogP contribution in [0.2, 0.25) is 0 Å². The first kappa shape index (κ1) is 30.2.